The van der Waals surface area contributed by atoms with Crippen LogP contribution in [0.2, 0.25) is 5.02 Å². The van der Waals surface area contributed by atoms with Gasteiger partial charge in [0.25, 0.3) is 5.91 Å². The average molecular weight is 541 g/mol. The molecule has 0 radical (unpaired) electrons. The summed E-state index contributed by atoms with van der Waals surface area (Å²) in [5, 5.41) is 13.8. The van der Waals surface area contributed by atoms with Gasteiger partial charge in [-0.2, -0.15) is 0 Å². The molecule has 0 aliphatic heterocycles. The summed E-state index contributed by atoms with van der Waals surface area (Å²) in [6, 6.07) is 24.9. The van der Waals surface area contributed by atoms with E-state index >= 15 is 0 Å². The Hall–Kier alpha value is -4.47. The third-order valence-corrected chi connectivity index (χ3v) is 6.91. The number of rotatable bonds is 8. The maximum absolute atomic E-state index is 12.9. The number of thiazole rings is 1. The van der Waals surface area contributed by atoms with E-state index in [2.05, 4.69) is 20.6 Å². The van der Waals surface area contributed by atoms with Crippen LogP contribution in [0.5, 0.6) is 11.5 Å². The zero-order valence-electron chi connectivity index (χ0n) is 20.0. The van der Waals surface area contributed by atoms with Crippen molar-refractivity contribution in [3.05, 3.63) is 119 Å². The molecule has 3 aromatic carbocycles. The fourth-order valence-corrected chi connectivity index (χ4v) is 4.96. The Labute approximate surface area is 227 Å². The third-order valence-electron chi connectivity index (χ3n) is 5.82. The maximum atomic E-state index is 12.9. The van der Waals surface area contributed by atoms with Crippen molar-refractivity contribution >= 4 is 33.8 Å². The molecule has 6 aromatic rings. The van der Waals surface area contributed by atoms with E-state index in [1.165, 1.54) is 11.3 Å². The van der Waals surface area contributed by atoms with Gasteiger partial charge < -0.3 is 10.1 Å². The van der Waals surface area contributed by atoms with Gasteiger partial charge in [-0.1, -0.05) is 59.3 Å². The molecular weight excluding hydrogens is 520 g/mol. The van der Waals surface area contributed by atoms with E-state index in [0.29, 0.717) is 23.0 Å². The van der Waals surface area contributed by atoms with Crippen molar-refractivity contribution in [2.24, 2.45) is 0 Å². The lowest BCUT2D eigenvalue weighted by molar-refractivity contribution is 0.0945. The largest absolute Gasteiger partial charge is 0.457 e. The summed E-state index contributed by atoms with van der Waals surface area (Å²) in [4.78, 5) is 18.3. The molecule has 0 atom stereocenters. The molecular formula is C28H21ClN6O2S. The predicted molar refractivity (Wildman–Crippen MR) is 147 cm³/mol. The normalized spacial score (nSPS) is 11.1. The lowest BCUT2D eigenvalue weighted by Gasteiger charge is -2.07. The van der Waals surface area contributed by atoms with Gasteiger partial charge in [0, 0.05) is 22.2 Å². The quantitative estimate of drug-likeness (QED) is 0.253. The second-order valence-electron chi connectivity index (χ2n) is 8.56. The van der Waals surface area contributed by atoms with Crippen LogP contribution in [0.25, 0.3) is 16.2 Å². The van der Waals surface area contributed by atoms with Gasteiger partial charge in [0.1, 0.15) is 22.9 Å². The Morgan fingerprint density at radius 1 is 0.974 bits per heavy atom. The van der Waals surface area contributed by atoms with E-state index < -0.39 is 0 Å². The number of halogens is 1. The third kappa shape index (κ3) is 5.29. The van der Waals surface area contributed by atoms with Crippen molar-refractivity contribution in [3.8, 4) is 22.8 Å². The molecule has 0 spiro atoms. The van der Waals surface area contributed by atoms with Crippen LogP contribution >= 0.6 is 22.9 Å². The van der Waals surface area contributed by atoms with Crippen LogP contribution in [0.15, 0.2) is 96.6 Å². The summed E-state index contributed by atoms with van der Waals surface area (Å²) in [5.74, 6) is 1.32. The molecule has 3 heterocycles. The minimum Gasteiger partial charge on any atom is -0.457 e. The number of fused-ring (bicyclic) bond motifs is 1. The van der Waals surface area contributed by atoms with E-state index in [0.717, 1.165) is 33.3 Å². The molecule has 38 heavy (non-hydrogen) atoms. The molecule has 0 saturated carbocycles. The lowest BCUT2D eigenvalue weighted by atomic mass is 10.2. The number of hydrogen-bond donors (Lipinski definition) is 1. The molecule has 1 amide bonds. The van der Waals surface area contributed by atoms with Crippen LogP contribution in [0.1, 0.15) is 21.7 Å². The van der Waals surface area contributed by atoms with Crippen LogP contribution < -0.4 is 10.1 Å². The van der Waals surface area contributed by atoms with Gasteiger partial charge in [0.15, 0.2) is 4.96 Å². The maximum Gasteiger partial charge on any atom is 0.269 e. The standard InChI is InChI=1S/C28H21ClN6O2S/c29-21-11-9-20(10-12-21)25-17-35-26(18-38-28(35)31-25)27(36)30-14-22-16-34(33-32-22)15-19-5-4-8-24(13-19)37-23-6-2-1-3-7-23/h1-13,16-18H,14-15H2,(H,30,36). The molecule has 1 N–H and O–H groups in total. The van der Waals surface area contributed by atoms with Gasteiger partial charge >= 0.3 is 0 Å². The van der Waals surface area contributed by atoms with Gasteiger partial charge in [-0.05, 0) is 42.0 Å². The van der Waals surface area contributed by atoms with E-state index in [-0.39, 0.29) is 12.5 Å². The molecule has 188 valence electrons. The fourth-order valence-electron chi connectivity index (χ4n) is 3.98. The van der Waals surface area contributed by atoms with Crippen molar-refractivity contribution in [1.82, 2.24) is 29.7 Å². The number of para-hydroxylation sites is 1. The Morgan fingerprint density at radius 3 is 2.63 bits per heavy atom. The first-order chi connectivity index (χ1) is 18.6. The summed E-state index contributed by atoms with van der Waals surface area (Å²) < 4.78 is 9.45. The van der Waals surface area contributed by atoms with Crippen LogP contribution in [0, 0.1) is 0 Å². The monoisotopic (exact) mass is 540 g/mol. The Bertz CT molecular complexity index is 1710. The second-order valence-corrected chi connectivity index (χ2v) is 9.83. The Balaban J connectivity index is 1.09. The summed E-state index contributed by atoms with van der Waals surface area (Å²) in [6.07, 6.45) is 3.68. The van der Waals surface area contributed by atoms with Crippen molar-refractivity contribution in [3.63, 3.8) is 0 Å². The number of nitrogens with one attached hydrogen (secondary N) is 1. The van der Waals surface area contributed by atoms with Crippen molar-refractivity contribution in [2.45, 2.75) is 13.1 Å². The number of carbonyl (C=O) groups excluding carboxylic acids is 1. The highest BCUT2D eigenvalue weighted by Gasteiger charge is 2.16. The summed E-state index contributed by atoms with van der Waals surface area (Å²) in [7, 11) is 0. The highest BCUT2D eigenvalue weighted by molar-refractivity contribution is 7.15. The smallest absolute Gasteiger partial charge is 0.269 e. The van der Waals surface area contributed by atoms with Gasteiger partial charge in [-0.3, -0.25) is 9.20 Å². The van der Waals surface area contributed by atoms with Gasteiger partial charge in [-0.25, -0.2) is 9.67 Å². The van der Waals surface area contributed by atoms with E-state index in [4.69, 9.17) is 16.3 Å². The van der Waals surface area contributed by atoms with E-state index in [9.17, 15) is 4.79 Å². The lowest BCUT2D eigenvalue weighted by Crippen LogP contribution is -2.24. The van der Waals surface area contributed by atoms with E-state index in [1.807, 2.05) is 91.3 Å². The number of aromatic nitrogens is 5. The van der Waals surface area contributed by atoms with Gasteiger partial charge in [0.05, 0.1) is 25.0 Å². The molecule has 0 aliphatic rings. The van der Waals surface area contributed by atoms with Crippen molar-refractivity contribution < 1.29 is 9.53 Å². The molecule has 8 nitrogen and oxygen atoms in total. The molecule has 0 unspecified atom stereocenters. The number of imidazole rings is 1. The molecule has 0 aliphatic carbocycles. The zero-order valence-corrected chi connectivity index (χ0v) is 21.6. The van der Waals surface area contributed by atoms with Crippen molar-refractivity contribution in [1.29, 1.82) is 0 Å². The van der Waals surface area contributed by atoms with Crippen LogP contribution in [0.3, 0.4) is 0 Å². The minimum absolute atomic E-state index is 0.211. The number of ether oxygens (including phenoxy) is 1. The van der Waals surface area contributed by atoms with Crippen LogP contribution in [-0.2, 0) is 13.1 Å². The predicted octanol–water partition coefficient (Wildman–Crippen LogP) is 6.08. The van der Waals surface area contributed by atoms with Crippen LogP contribution in [0.4, 0.5) is 0 Å². The Morgan fingerprint density at radius 2 is 1.79 bits per heavy atom. The van der Waals surface area contributed by atoms with Gasteiger partial charge in [0.2, 0.25) is 0 Å². The number of benzene rings is 3. The fraction of sp³-hybridized carbons (Fsp3) is 0.0714. The van der Waals surface area contributed by atoms with Crippen LogP contribution in [-0.4, -0.2) is 30.3 Å². The zero-order chi connectivity index (χ0) is 25.9. The minimum atomic E-state index is -0.211. The first kappa shape index (κ1) is 23.9. The number of carbonyl (C=O) groups is 1. The number of hydrogen-bond acceptors (Lipinski definition) is 6. The van der Waals surface area contributed by atoms with Crippen molar-refractivity contribution in [2.75, 3.05) is 0 Å². The molecule has 0 saturated heterocycles. The number of nitrogens with zero attached hydrogens (tertiary/aromatic N) is 5. The van der Waals surface area contributed by atoms with Gasteiger partial charge in [-0.15, -0.1) is 16.4 Å². The topological polar surface area (TPSA) is 86.3 Å². The molecule has 0 bridgehead atoms. The molecule has 10 heteroatoms. The molecule has 6 rings (SSSR count). The summed E-state index contributed by atoms with van der Waals surface area (Å²) >= 11 is 7.40. The molecule has 0 fully saturated rings. The Kier molecular flexibility index (Phi) is 6.60. The average Bonchev–Trinajstić information content (AvgIpc) is 3.65. The number of amides is 1. The first-order valence-electron chi connectivity index (χ1n) is 11.8. The van der Waals surface area contributed by atoms with E-state index in [1.54, 1.807) is 14.5 Å². The SMILES string of the molecule is O=C(NCc1cn(Cc2cccc(Oc3ccccc3)c2)nn1)c1csc2nc(-c3ccc(Cl)cc3)cn12. The highest BCUT2D eigenvalue weighted by Crippen LogP contribution is 2.25. The summed E-state index contributed by atoms with van der Waals surface area (Å²) in [5.41, 5.74) is 3.92. The second kappa shape index (κ2) is 10.5. The molecule has 3 aromatic heterocycles. The summed E-state index contributed by atoms with van der Waals surface area (Å²) in [6.45, 7) is 0.784. The highest BCUT2D eigenvalue weighted by atomic mass is 35.5. The first-order valence-corrected chi connectivity index (χ1v) is 13.1.